The van der Waals surface area contributed by atoms with Crippen molar-refractivity contribution in [3.8, 4) is 5.75 Å². The van der Waals surface area contributed by atoms with Gasteiger partial charge in [0.25, 0.3) is 0 Å². The van der Waals surface area contributed by atoms with Gasteiger partial charge in [-0.3, -0.25) is 9.59 Å². The summed E-state index contributed by atoms with van der Waals surface area (Å²) in [7, 11) is 0. The quantitative estimate of drug-likeness (QED) is 0.642. The Morgan fingerprint density at radius 2 is 2.04 bits per heavy atom. The van der Waals surface area contributed by atoms with Crippen molar-refractivity contribution < 1.29 is 24.2 Å². The molecule has 6 nitrogen and oxygen atoms in total. The lowest BCUT2D eigenvalue weighted by Gasteiger charge is -2.10. The summed E-state index contributed by atoms with van der Waals surface area (Å²) in [6.45, 7) is 1.69. The third-order valence-corrected chi connectivity index (χ3v) is 3.93. The van der Waals surface area contributed by atoms with Gasteiger partial charge in [0.05, 0.1) is 12.7 Å². The molecule has 1 atom stereocenters. The second-order valence-corrected chi connectivity index (χ2v) is 5.94. The summed E-state index contributed by atoms with van der Waals surface area (Å²) in [5.74, 6) is -0.0717. The van der Waals surface area contributed by atoms with Crippen LogP contribution in [0.5, 0.6) is 5.75 Å². The molecule has 1 aliphatic heterocycles. The molecule has 1 saturated heterocycles. The lowest BCUT2D eigenvalue weighted by atomic mass is 10.1. The number of ether oxygens (including phenoxy) is 2. The molecule has 0 radical (unpaired) electrons. The Hall–Kier alpha value is -2.08. The summed E-state index contributed by atoms with van der Waals surface area (Å²) in [5.41, 5.74) is 0.998. The van der Waals surface area contributed by atoms with Crippen molar-refractivity contribution >= 4 is 11.9 Å². The molecule has 6 heteroatoms. The van der Waals surface area contributed by atoms with Crippen molar-refractivity contribution in [3.63, 3.8) is 0 Å². The number of carboxylic acid groups (broad SMARTS) is 1. The Bertz CT molecular complexity index is 523. The zero-order chi connectivity index (χ0) is 17.2. The van der Waals surface area contributed by atoms with Crippen LogP contribution in [-0.2, 0) is 20.9 Å². The molecule has 2 rings (SSSR count). The summed E-state index contributed by atoms with van der Waals surface area (Å²) >= 11 is 0. The number of hydrogen-bond donors (Lipinski definition) is 2. The average Bonchev–Trinajstić information content (AvgIpc) is 3.09. The van der Waals surface area contributed by atoms with Crippen LogP contribution in [0.3, 0.4) is 0 Å². The third-order valence-electron chi connectivity index (χ3n) is 3.93. The molecule has 1 amide bonds. The van der Waals surface area contributed by atoms with Gasteiger partial charge in [0.15, 0.2) is 0 Å². The van der Waals surface area contributed by atoms with E-state index in [4.69, 9.17) is 14.6 Å². The Morgan fingerprint density at radius 3 is 2.71 bits per heavy atom. The Balaban J connectivity index is 1.61. The summed E-state index contributed by atoms with van der Waals surface area (Å²) in [6.07, 6.45) is 4.27. The van der Waals surface area contributed by atoms with E-state index in [1.54, 1.807) is 0 Å². The van der Waals surface area contributed by atoms with Gasteiger partial charge in [0, 0.05) is 26.0 Å². The maximum atomic E-state index is 11.8. The van der Waals surface area contributed by atoms with E-state index in [0.29, 0.717) is 31.7 Å². The predicted molar refractivity (Wildman–Crippen MR) is 88.9 cm³/mol. The van der Waals surface area contributed by atoms with Gasteiger partial charge in [0.1, 0.15) is 5.75 Å². The molecule has 2 N–H and O–H groups in total. The predicted octanol–water partition coefficient (Wildman–Crippen LogP) is 2.51. The summed E-state index contributed by atoms with van der Waals surface area (Å²) < 4.78 is 11.0. The smallest absolute Gasteiger partial charge is 0.303 e. The molecule has 1 aliphatic rings. The van der Waals surface area contributed by atoms with Crippen molar-refractivity contribution in [2.75, 3.05) is 13.2 Å². The van der Waals surface area contributed by atoms with Crippen LogP contribution in [-0.4, -0.2) is 36.3 Å². The van der Waals surface area contributed by atoms with Crippen LogP contribution >= 0.6 is 0 Å². The number of carboxylic acids is 1. The van der Waals surface area contributed by atoms with E-state index < -0.39 is 5.97 Å². The monoisotopic (exact) mass is 335 g/mol. The standard InChI is InChI=1S/C18H25NO5/c20-17(10-9-15-3-1-11-23-15)19-13-14-5-7-16(8-6-14)24-12-2-4-18(21)22/h5-8,15H,1-4,9-13H2,(H,19,20)(H,21,22). The number of hydrogen-bond acceptors (Lipinski definition) is 4. The van der Waals surface area contributed by atoms with Crippen molar-refractivity contribution in [1.82, 2.24) is 5.32 Å². The maximum absolute atomic E-state index is 11.8. The van der Waals surface area contributed by atoms with Gasteiger partial charge < -0.3 is 19.9 Å². The molecular weight excluding hydrogens is 310 g/mol. The summed E-state index contributed by atoms with van der Waals surface area (Å²) in [4.78, 5) is 22.2. The zero-order valence-electron chi connectivity index (χ0n) is 13.8. The fourth-order valence-corrected chi connectivity index (χ4v) is 2.57. The molecule has 1 aromatic carbocycles. The van der Waals surface area contributed by atoms with Gasteiger partial charge in [-0.1, -0.05) is 12.1 Å². The fourth-order valence-electron chi connectivity index (χ4n) is 2.57. The van der Waals surface area contributed by atoms with E-state index in [0.717, 1.165) is 31.4 Å². The number of rotatable bonds is 10. The molecule has 0 spiro atoms. The van der Waals surface area contributed by atoms with E-state index >= 15 is 0 Å². The van der Waals surface area contributed by atoms with Crippen molar-refractivity contribution in [2.24, 2.45) is 0 Å². The Labute approximate surface area is 142 Å². The molecule has 132 valence electrons. The van der Waals surface area contributed by atoms with Crippen LogP contribution in [0.4, 0.5) is 0 Å². The third kappa shape index (κ3) is 7.00. The van der Waals surface area contributed by atoms with E-state index in [1.807, 2.05) is 24.3 Å². The minimum absolute atomic E-state index is 0.0412. The van der Waals surface area contributed by atoms with E-state index in [9.17, 15) is 9.59 Å². The van der Waals surface area contributed by atoms with Crippen LogP contribution in [0.15, 0.2) is 24.3 Å². The lowest BCUT2D eigenvalue weighted by Crippen LogP contribution is -2.23. The molecule has 1 unspecified atom stereocenters. The molecule has 0 aliphatic carbocycles. The second-order valence-electron chi connectivity index (χ2n) is 5.94. The first-order chi connectivity index (χ1) is 11.6. The highest BCUT2D eigenvalue weighted by Crippen LogP contribution is 2.17. The average molecular weight is 335 g/mol. The highest BCUT2D eigenvalue weighted by Gasteiger charge is 2.16. The minimum Gasteiger partial charge on any atom is -0.494 e. The molecule has 1 aromatic rings. The maximum Gasteiger partial charge on any atom is 0.303 e. The van der Waals surface area contributed by atoms with Gasteiger partial charge in [0.2, 0.25) is 5.91 Å². The van der Waals surface area contributed by atoms with Crippen LogP contribution in [0.25, 0.3) is 0 Å². The van der Waals surface area contributed by atoms with E-state index in [-0.39, 0.29) is 18.4 Å². The van der Waals surface area contributed by atoms with Crippen molar-refractivity contribution in [3.05, 3.63) is 29.8 Å². The van der Waals surface area contributed by atoms with E-state index in [2.05, 4.69) is 5.32 Å². The minimum atomic E-state index is -0.816. The highest BCUT2D eigenvalue weighted by atomic mass is 16.5. The van der Waals surface area contributed by atoms with E-state index in [1.165, 1.54) is 0 Å². The van der Waals surface area contributed by atoms with Crippen LogP contribution < -0.4 is 10.1 Å². The number of benzene rings is 1. The molecular formula is C18H25NO5. The van der Waals surface area contributed by atoms with Crippen LogP contribution in [0.2, 0.25) is 0 Å². The summed E-state index contributed by atoms with van der Waals surface area (Å²) in [6, 6.07) is 7.45. The van der Waals surface area contributed by atoms with Crippen molar-refractivity contribution in [2.45, 2.75) is 51.2 Å². The Kier molecular flexibility index (Phi) is 7.55. The molecule has 24 heavy (non-hydrogen) atoms. The first kappa shape index (κ1) is 18.3. The molecule has 0 saturated carbocycles. The van der Waals surface area contributed by atoms with Gasteiger partial charge >= 0.3 is 5.97 Å². The number of aliphatic carboxylic acids is 1. The Morgan fingerprint density at radius 1 is 1.25 bits per heavy atom. The SMILES string of the molecule is O=C(O)CCCOc1ccc(CNC(=O)CCC2CCCO2)cc1. The highest BCUT2D eigenvalue weighted by molar-refractivity contribution is 5.75. The molecule has 0 aromatic heterocycles. The molecule has 1 heterocycles. The topological polar surface area (TPSA) is 84.9 Å². The van der Waals surface area contributed by atoms with Crippen molar-refractivity contribution in [1.29, 1.82) is 0 Å². The first-order valence-electron chi connectivity index (χ1n) is 8.45. The van der Waals surface area contributed by atoms with Gasteiger partial charge in [-0.05, 0) is 43.4 Å². The lowest BCUT2D eigenvalue weighted by molar-refractivity contribution is -0.137. The molecule has 0 bridgehead atoms. The second kappa shape index (κ2) is 9.93. The number of amides is 1. The van der Waals surface area contributed by atoms with Gasteiger partial charge in [-0.2, -0.15) is 0 Å². The number of carbonyl (C=O) groups is 2. The largest absolute Gasteiger partial charge is 0.494 e. The first-order valence-corrected chi connectivity index (χ1v) is 8.45. The zero-order valence-corrected chi connectivity index (χ0v) is 13.8. The van der Waals surface area contributed by atoms with Crippen LogP contribution in [0.1, 0.15) is 44.1 Å². The summed E-state index contributed by atoms with van der Waals surface area (Å²) in [5, 5.41) is 11.5. The fraction of sp³-hybridized carbons (Fsp3) is 0.556. The van der Waals surface area contributed by atoms with Gasteiger partial charge in [-0.15, -0.1) is 0 Å². The normalized spacial score (nSPS) is 16.8. The number of nitrogens with one attached hydrogen (secondary N) is 1. The van der Waals surface area contributed by atoms with Crippen LogP contribution in [0, 0.1) is 0 Å². The van der Waals surface area contributed by atoms with Gasteiger partial charge in [-0.25, -0.2) is 0 Å². The number of carbonyl (C=O) groups excluding carboxylic acids is 1. The molecule has 1 fully saturated rings.